The molecule has 0 aliphatic carbocycles. The van der Waals surface area contributed by atoms with Crippen molar-refractivity contribution in [2.45, 2.75) is 51.3 Å². The van der Waals surface area contributed by atoms with Crippen LogP contribution in [0.1, 0.15) is 38.4 Å². The minimum Gasteiger partial charge on any atom is -0.367 e. The number of nitrogens with zero attached hydrogens (tertiary/aromatic N) is 3. The van der Waals surface area contributed by atoms with E-state index >= 15 is 0 Å². The number of ether oxygens (including phenoxy) is 1. The second kappa shape index (κ2) is 5.66. The Morgan fingerprint density at radius 1 is 1.55 bits per heavy atom. The van der Waals surface area contributed by atoms with E-state index in [2.05, 4.69) is 23.8 Å². The molecular formula is C15H23N3O2. The molecule has 0 spiro atoms. The summed E-state index contributed by atoms with van der Waals surface area (Å²) in [4.78, 5) is 14.7. The zero-order valence-corrected chi connectivity index (χ0v) is 12.3. The monoisotopic (exact) mass is 277 g/mol. The fourth-order valence-electron chi connectivity index (χ4n) is 3.06. The van der Waals surface area contributed by atoms with Crippen LogP contribution in [0.5, 0.6) is 0 Å². The van der Waals surface area contributed by atoms with Crippen molar-refractivity contribution < 1.29 is 9.53 Å². The van der Waals surface area contributed by atoms with E-state index in [1.807, 2.05) is 16.9 Å². The number of carbonyl (C=O) groups excluding carboxylic acids is 1. The fraction of sp³-hybridized carbons (Fsp3) is 0.733. The molecule has 3 heterocycles. The molecule has 5 heteroatoms. The van der Waals surface area contributed by atoms with Crippen LogP contribution < -0.4 is 0 Å². The number of rotatable bonds is 4. The fourth-order valence-corrected chi connectivity index (χ4v) is 3.06. The Balaban J connectivity index is 1.58. The second-order valence-electron chi connectivity index (χ2n) is 6.14. The van der Waals surface area contributed by atoms with Gasteiger partial charge in [0.25, 0.3) is 0 Å². The first kappa shape index (κ1) is 13.8. The number of hydrogen-bond acceptors (Lipinski definition) is 4. The van der Waals surface area contributed by atoms with Gasteiger partial charge in [-0.1, -0.05) is 0 Å². The SMILES string of the molecule is CC(C)n1ccc(CC(=O)C2CN3CCCC3CO2)n1. The van der Waals surface area contributed by atoms with Crippen molar-refractivity contribution in [2.75, 3.05) is 19.7 Å². The smallest absolute Gasteiger partial charge is 0.168 e. The highest BCUT2D eigenvalue weighted by molar-refractivity contribution is 5.85. The van der Waals surface area contributed by atoms with Gasteiger partial charge in [-0.3, -0.25) is 14.4 Å². The number of carbonyl (C=O) groups is 1. The molecule has 5 nitrogen and oxygen atoms in total. The van der Waals surface area contributed by atoms with Gasteiger partial charge in [0.1, 0.15) is 6.10 Å². The highest BCUT2D eigenvalue weighted by Gasteiger charge is 2.35. The number of Topliss-reactive ketones (excluding diaryl/α,β-unsaturated/α-hetero) is 1. The number of ketones is 1. The molecule has 0 N–H and O–H groups in total. The Hall–Kier alpha value is -1.20. The first-order chi connectivity index (χ1) is 9.63. The van der Waals surface area contributed by atoms with Crippen molar-refractivity contribution in [3.05, 3.63) is 18.0 Å². The van der Waals surface area contributed by atoms with Crippen LogP contribution in [0.4, 0.5) is 0 Å². The van der Waals surface area contributed by atoms with Gasteiger partial charge in [-0.15, -0.1) is 0 Å². The van der Waals surface area contributed by atoms with Gasteiger partial charge in [0, 0.05) is 24.8 Å². The average Bonchev–Trinajstić information content (AvgIpc) is 3.05. The Morgan fingerprint density at radius 3 is 3.15 bits per heavy atom. The van der Waals surface area contributed by atoms with E-state index in [-0.39, 0.29) is 11.9 Å². The topological polar surface area (TPSA) is 47.4 Å². The lowest BCUT2D eigenvalue weighted by Gasteiger charge is -2.34. The van der Waals surface area contributed by atoms with Crippen LogP contribution in [0.2, 0.25) is 0 Å². The van der Waals surface area contributed by atoms with Crippen molar-refractivity contribution in [1.82, 2.24) is 14.7 Å². The first-order valence-corrected chi connectivity index (χ1v) is 7.56. The van der Waals surface area contributed by atoms with E-state index in [1.165, 1.54) is 12.8 Å². The van der Waals surface area contributed by atoms with Gasteiger partial charge >= 0.3 is 0 Å². The van der Waals surface area contributed by atoms with Crippen molar-refractivity contribution in [3.8, 4) is 0 Å². The van der Waals surface area contributed by atoms with E-state index in [0.717, 1.165) is 18.8 Å². The minimum atomic E-state index is -0.270. The van der Waals surface area contributed by atoms with Crippen molar-refractivity contribution >= 4 is 5.78 Å². The summed E-state index contributed by atoms with van der Waals surface area (Å²) in [6.45, 7) is 6.73. The third kappa shape index (κ3) is 2.79. The lowest BCUT2D eigenvalue weighted by molar-refractivity contribution is -0.137. The quantitative estimate of drug-likeness (QED) is 0.835. The lowest BCUT2D eigenvalue weighted by atomic mass is 10.1. The summed E-state index contributed by atoms with van der Waals surface area (Å²) in [7, 11) is 0. The van der Waals surface area contributed by atoms with Crippen LogP contribution in [-0.4, -0.2) is 52.3 Å². The van der Waals surface area contributed by atoms with Crippen LogP contribution in [-0.2, 0) is 16.0 Å². The zero-order valence-electron chi connectivity index (χ0n) is 12.3. The van der Waals surface area contributed by atoms with Crippen LogP contribution in [0, 0.1) is 0 Å². The summed E-state index contributed by atoms with van der Waals surface area (Å²) in [5.41, 5.74) is 0.843. The Labute approximate surface area is 119 Å². The zero-order chi connectivity index (χ0) is 14.1. The summed E-state index contributed by atoms with van der Waals surface area (Å²) < 4.78 is 7.64. The second-order valence-corrected chi connectivity index (χ2v) is 6.14. The molecule has 0 bridgehead atoms. The third-order valence-electron chi connectivity index (χ3n) is 4.30. The maximum absolute atomic E-state index is 12.3. The standard InChI is InChI=1S/C15H23N3O2/c1-11(2)18-7-5-12(16-18)8-14(19)15-9-17-6-3-4-13(17)10-20-15/h5,7,11,13,15H,3-4,6,8-10H2,1-2H3. The van der Waals surface area contributed by atoms with Gasteiger partial charge in [-0.2, -0.15) is 5.10 Å². The molecular weight excluding hydrogens is 254 g/mol. The van der Waals surface area contributed by atoms with E-state index in [4.69, 9.17) is 4.74 Å². The largest absolute Gasteiger partial charge is 0.367 e. The summed E-state index contributed by atoms with van der Waals surface area (Å²) >= 11 is 0. The Bertz CT molecular complexity index is 483. The summed E-state index contributed by atoms with van der Waals surface area (Å²) in [5, 5.41) is 4.44. The van der Waals surface area contributed by atoms with Gasteiger partial charge in [0.05, 0.1) is 18.7 Å². The summed E-state index contributed by atoms with van der Waals surface area (Å²) in [6, 6.07) is 2.80. The molecule has 110 valence electrons. The van der Waals surface area contributed by atoms with E-state index in [9.17, 15) is 4.79 Å². The molecule has 0 amide bonds. The number of aromatic nitrogens is 2. The van der Waals surface area contributed by atoms with Gasteiger partial charge in [0.15, 0.2) is 5.78 Å². The van der Waals surface area contributed by atoms with E-state index in [1.54, 1.807) is 0 Å². The van der Waals surface area contributed by atoms with Crippen molar-refractivity contribution in [1.29, 1.82) is 0 Å². The molecule has 2 atom stereocenters. The maximum Gasteiger partial charge on any atom is 0.168 e. The van der Waals surface area contributed by atoms with Gasteiger partial charge in [0.2, 0.25) is 0 Å². The van der Waals surface area contributed by atoms with E-state index < -0.39 is 0 Å². The lowest BCUT2D eigenvalue weighted by Crippen LogP contribution is -2.49. The average molecular weight is 277 g/mol. The van der Waals surface area contributed by atoms with Crippen LogP contribution >= 0.6 is 0 Å². The Morgan fingerprint density at radius 2 is 2.40 bits per heavy atom. The van der Waals surface area contributed by atoms with E-state index in [0.29, 0.717) is 25.1 Å². The summed E-state index contributed by atoms with van der Waals surface area (Å²) in [6.07, 6.45) is 4.48. The molecule has 0 aromatic carbocycles. The van der Waals surface area contributed by atoms with Crippen LogP contribution in [0.3, 0.4) is 0 Å². The number of morpholine rings is 1. The van der Waals surface area contributed by atoms with Crippen LogP contribution in [0.25, 0.3) is 0 Å². The van der Waals surface area contributed by atoms with Gasteiger partial charge in [-0.25, -0.2) is 0 Å². The van der Waals surface area contributed by atoms with Gasteiger partial charge in [-0.05, 0) is 39.3 Å². The molecule has 2 aliphatic rings. The van der Waals surface area contributed by atoms with Crippen molar-refractivity contribution in [3.63, 3.8) is 0 Å². The maximum atomic E-state index is 12.3. The molecule has 0 radical (unpaired) electrons. The molecule has 20 heavy (non-hydrogen) atoms. The molecule has 3 rings (SSSR count). The molecule has 2 unspecified atom stereocenters. The van der Waals surface area contributed by atoms with Gasteiger partial charge < -0.3 is 4.74 Å². The predicted molar refractivity (Wildman–Crippen MR) is 75.7 cm³/mol. The first-order valence-electron chi connectivity index (χ1n) is 7.56. The highest BCUT2D eigenvalue weighted by Crippen LogP contribution is 2.23. The van der Waals surface area contributed by atoms with Crippen LogP contribution in [0.15, 0.2) is 12.3 Å². The molecule has 2 saturated heterocycles. The summed E-state index contributed by atoms with van der Waals surface area (Å²) in [5.74, 6) is 0.157. The molecule has 1 aromatic heterocycles. The number of fused-ring (bicyclic) bond motifs is 1. The Kier molecular flexibility index (Phi) is 3.89. The molecule has 1 aromatic rings. The number of hydrogen-bond donors (Lipinski definition) is 0. The van der Waals surface area contributed by atoms with Crippen molar-refractivity contribution in [2.24, 2.45) is 0 Å². The normalized spacial score (nSPS) is 26.9. The minimum absolute atomic E-state index is 0.157. The molecule has 2 aliphatic heterocycles. The third-order valence-corrected chi connectivity index (χ3v) is 4.30. The molecule has 0 saturated carbocycles. The highest BCUT2D eigenvalue weighted by atomic mass is 16.5. The molecule has 2 fully saturated rings. The predicted octanol–water partition coefficient (Wildman–Crippen LogP) is 1.44.